The first-order chi connectivity index (χ1) is 52.2. The van der Waals surface area contributed by atoms with Crippen LogP contribution in [-0.2, 0) is 89.6 Å². The van der Waals surface area contributed by atoms with Gasteiger partial charge in [-0.2, -0.15) is 0 Å². The van der Waals surface area contributed by atoms with Crippen LogP contribution in [0.15, 0.2) is 60.7 Å². The number of nitrogens with two attached hydrogens (primary N) is 2. The number of carboxylic acids is 4. The van der Waals surface area contributed by atoms with Gasteiger partial charge in [0.15, 0.2) is 11.9 Å². The number of nitrogens with one attached hydrogen (secondary N) is 16. The van der Waals surface area contributed by atoms with Gasteiger partial charge in [-0.1, -0.05) is 60.7 Å². The molecular weight excluding hydrogens is 1450 g/mol. The van der Waals surface area contributed by atoms with Gasteiger partial charge < -0.3 is 116 Å². The molecule has 0 aromatic heterocycles. The molecule has 0 spiro atoms. The second-order valence-corrected chi connectivity index (χ2v) is 25.8. The molecule has 25 N–H and O–H groups in total. The van der Waals surface area contributed by atoms with E-state index in [4.69, 9.17) is 22.3 Å². The standard InChI is InChI=1S/C67H99N21O22/c68-65(69)74-23-11-19-41-57(101)76-33-49(89)78-47(31-53(93)94)63(107)84-45(29-39-13-3-1-4-14-39)61(105)82-43(59(103)80-41)17-7-9-21-72-51(91)35-86(37-55(97)98)25-27-88(67(109)110)28-26-87(38-56(99)100)36-52(92)73-22-10-8-18-44-60(104)81-42(20-12-24-75-66(70)71)58(102)77-34-50(90)79-48(32-54(95)96)64(108)85-46(62(106)83-44)30-40-15-5-2-6-16-40/h1-6,13-16,41-48H,7-12,17-38H2,(H,72,91)(H,73,92)(H,76,101)(H,77,102)(H,78,89)(H,79,90)(H,80,103)(H,81,104)(H,82,105)(H,83,106)(H,84,107)(H,85,108)(H,93,94)(H,95,96)(H,97,98)(H,99,100)(H,109,110)(H4,68,69,74)(H4,70,71,75)/t41-,42+,43-,44+,45+,46-,47-,48+. The van der Waals surface area contributed by atoms with Crippen molar-refractivity contribution in [3.05, 3.63) is 71.8 Å². The first kappa shape index (κ1) is 90.1. The van der Waals surface area contributed by atoms with Crippen molar-refractivity contribution >= 4 is 113 Å². The summed E-state index contributed by atoms with van der Waals surface area (Å²) in [7, 11) is 0. The Morgan fingerprint density at radius 1 is 0.373 bits per heavy atom. The van der Waals surface area contributed by atoms with Crippen LogP contribution in [0.5, 0.6) is 0 Å². The molecule has 2 aromatic carbocycles. The smallest absolute Gasteiger partial charge is 0.407 e. The van der Waals surface area contributed by atoms with E-state index in [1.165, 1.54) is 0 Å². The van der Waals surface area contributed by atoms with Gasteiger partial charge in [-0.15, -0.1) is 0 Å². The molecule has 2 fully saturated rings. The third-order valence-electron chi connectivity index (χ3n) is 16.8. The van der Waals surface area contributed by atoms with E-state index in [0.29, 0.717) is 11.1 Å². The SMILES string of the molecule is N=C(N)NCCC[C@@H]1NC(=O)[C@H](CCCCNC(=O)CN(CCN(CCN(CC(=O)O)CC(=O)NCCCC[C@H]2NC(=O)[C@H](Cc3ccccc3)NC(=O)[C@@H](CC(=O)O)NC(=O)CNC(=O)[C@@H](CCCNC(=N)N)NC2=O)C(=O)O)CC(=O)O)NC(=O)[C@@H](Cc2ccccc2)NC(=O)[C@H](CC(=O)O)NC(=O)CNC1=O. The van der Waals surface area contributed by atoms with E-state index >= 15 is 0 Å². The third kappa shape index (κ3) is 36.3. The summed E-state index contributed by atoms with van der Waals surface area (Å²) in [5.74, 6) is -17.4. The monoisotopic (exact) mass is 1550 g/mol. The van der Waals surface area contributed by atoms with E-state index < -0.39 is 214 Å². The van der Waals surface area contributed by atoms with Gasteiger partial charge in [0.25, 0.3) is 0 Å². The zero-order valence-electron chi connectivity index (χ0n) is 60.4. The highest BCUT2D eigenvalue weighted by molar-refractivity contribution is 6.00. The zero-order valence-corrected chi connectivity index (χ0v) is 60.4. The number of hydrogen-bond acceptors (Lipinski definition) is 21. The first-order valence-corrected chi connectivity index (χ1v) is 35.3. The van der Waals surface area contributed by atoms with Crippen LogP contribution >= 0.6 is 0 Å². The molecule has 0 bridgehead atoms. The lowest BCUT2D eigenvalue weighted by atomic mass is 10.0. The second-order valence-electron chi connectivity index (χ2n) is 25.8. The third-order valence-corrected chi connectivity index (χ3v) is 16.8. The molecule has 2 aliphatic rings. The van der Waals surface area contributed by atoms with Crippen LogP contribution in [-0.4, -0.2) is 293 Å². The van der Waals surface area contributed by atoms with Gasteiger partial charge in [0, 0.05) is 65.2 Å². The van der Waals surface area contributed by atoms with Crippen molar-refractivity contribution in [1.82, 2.24) is 89.1 Å². The van der Waals surface area contributed by atoms with Crippen LogP contribution in [0.1, 0.15) is 88.2 Å². The van der Waals surface area contributed by atoms with Crippen molar-refractivity contribution in [2.45, 2.75) is 138 Å². The van der Waals surface area contributed by atoms with Crippen LogP contribution in [0.4, 0.5) is 4.79 Å². The predicted octanol–water partition coefficient (Wildman–Crippen LogP) is -7.59. The Labute approximate surface area is 630 Å². The average molecular weight is 1550 g/mol. The number of carboxylic acid groups (broad SMARTS) is 5. The number of benzene rings is 2. The quantitative estimate of drug-likeness (QED) is 0.0167. The lowest BCUT2D eigenvalue weighted by molar-refractivity contribution is -0.141. The molecule has 110 heavy (non-hydrogen) atoms. The molecule has 8 atom stereocenters. The molecule has 604 valence electrons. The van der Waals surface area contributed by atoms with Crippen molar-refractivity contribution in [2.75, 3.05) is 91.6 Å². The summed E-state index contributed by atoms with van der Waals surface area (Å²) >= 11 is 0. The van der Waals surface area contributed by atoms with Crippen molar-refractivity contribution in [3.63, 3.8) is 0 Å². The Morgan fingerprint density at radius 3 is 1.01 bits per heavy atom. The van der Waals surface area contributed by atoms with Gasteiger partial charge >= 0.3 is 30.0 Å². The molecule has 13 amide bonds. The zero-order chi connectivity index (χ0) is 81.2. The highest BCUT2D eigenvalue weighted by Crippen LogP contribution is 2.13. The molecule has 2 saturated heterocycles. The minimum Gasteiger partial charge on any atom is -0.481 e. The summed E-state index contributed by atoms with van der Waals surface area (Å²) in [5, 5.41) is 98.8. The number of carbonyl (C=O) groups is 17. The summed E-state index contributed by atoms with van der Waals surface area (Å²) in [6, 6.07) is 4.62. The summed E-state index contributed by atoms with van der Waals surface area (Å²) in [5.41, 5.74) is 11.9. The summed E-state index contributed by atoms with van der Waals surface area (Å²) in [6.07, 6.45) is -3.55. The van der Waals surface area contributed by atoms with Crippen LogP contribution < -0.4 is 85.9 Å². The maximum Gasteiger partial charge on any atom is 0.407 e. The molecular formula is C67H99N21O22. The summed E-state index contributed by atoms with van der Waals surface area (Å²) in [4.78, 5) is 227. The van der Waals surface area contributed by atoms with Crippen molar-refractivity contribution in [2.24, 2.45) is 11.5 Å². The van der Waals surface area contributed by atoms with Gasteiger partial charge in [-0.05, 0) is 75.3 Å². The van der Waals surface area contributed by atoms with Crippen LogP contribution in [0.2, 0.25) is 0 Å². The number of carbonyl (C=O) groups excluding carboxylic acids is 12. The summed E-state index contributed by atoms with van der Waals surface area (Å²) in [6.45, 7) is -5.79. The molecule has 2 aromatic rings. The van der Waals surface area contributed by atoms with E-state index in [1.807, 2.05) is 0 Å². The van der Waals surface area contributed by atoms with Gasteiger partial charge in [0.2, 0.25) is 70.9 Å². The molecule has 2 heterocycles. The fourth-order valence-corrected chi connectivity index (χ4v) is 11.3. The van der Waals surface area contributed by atoms with Crippen LogP contribution in [0.3, 0.4) is 0 Å². The first-order valence-electron chi connectivity index (χ1n) is 35.3. The number of amides is 13. The molecule has 4 rings (SSSR count). The Hall–Kier alpha value is -12.3. The normalized spacial score (nSPS) is 19.8. The average Bonchev–Trinajstić information content (AvgIpc) is 1.31. The number of nitrogens with zero attached hydrogens (tertiary/aromatic N) is 3. The van der Waals surface area contributed by atoms with Crippen LogP contribution in [0.25, 0.3) is 0 Å². The number of rotatable bonds is 40. The predicted molar refractivity (Wildman–Crippen MR) is 386 cm³/mol. The van der Waals surface area contributed by atoms with Crippen molar-refractivity contribution < 1.29 is 107 Å². The molecule has 43 heteroatoms. The maximum atomic E-state index is 14.2. The molecule has 0 saturated carbocycles. The number of aliphatic carboxylic acids is 4. The highest BCUT2D eigenvalue weighted by atomic mass is 16.4. The molecule has 0 unspecified atom stereocenters. The van der Waals surface area contributed by atoms with Gasteiger partial charge in [-0.3, -0.25) is 97.3 Å². The Balaban J connectivity index is 1.41. The van der Waals surface area contributed by atoms with Gasteiger partial charge in [-0.25, -0.2) is 4.79 Å². The van der Waals surface area contributed by atoms with Crippen molar-refractivity contribution in [3.8, 4) is 0 Å². The largest absolute Gasteiger partial charge is 0.481 e. The molecule has 2 aliphatic heterocycles. The highest BCUT2D eigenvalue weighted by Gasteiger charge is 2.36. The fourth-order valence-electron chi connectivity index (χ4n) is 11.3. The second kappa shape index (κ2) is 48.1. The van der Waals surface area contributed by atoms with E-state index in [-0.39, 0.29) is 128 Å². The lowest BCUT2D eigenvalue weighted by Gasteiger charge is -2.27. The van der Waals surface area contributed by atoms with E-state index in [0.717, 1.165) is 14.7 Å². The Morgan fingerprint density at radius 2 is 0.682 bits per heavy atom. The molecule has 0 aliphatic carbocycles. The Bertz CT molecular complexity index is 3340. The number of guanidine groups is 2. The fraction of sp³-hybridized carbons (Fsp3) is 0.537. The Kier molecular flexibility index (Phi) is 39.4. The van der Waals surface area contributed by atoms with E-state index in [9.17, 15) is 107 Å². The number of unbranched alkanes of at least 4 members (excludes halogenated alkanes) is 2. The summed E-state index contributed by atoms with van der Waals surface area (Å²) < 4.78 is 0. The van der Waals surface area contributed by atoms with Crippen molar-refractivity contribution in [1.29, 1.82) is 10.8 Å². The van der Waals surface area contributed by atoms with E-state index in [1.54, 1.807) is 60.7 Å². The van der Waals surface area contributed by atoms with Crippen LogP contribution in [0, 0.1) is 10.8 Å². The topological polar surface area (TPSA) is 669 Å². The molecule has 43 nitrogen and oxygen atoms in total. The molecule has 0 radical (unpaired) electrons. The minimum absolute atomic E-state index is 0.0790. The van der Waals surface area contributed by atoms with Gasteiger partial charge in [0.1, 0.15) is 48.3 Å². The lowest BCUT2D eigenvalue weighted by Crippen LogP contribution is -2.58. The number of hydrogen-bond donors (Lipinski definition) is 23. The van der Waals surface area contributed by atoms with Gasteiger partial charge in [0.05, 0.1) is 52.1 Å². The maximum absolute atomic E-state index is 14.2. The minimum atomic E-state index is -1.72. The van der Waals surface area contributed by atoms with E-state index in [2.05, 4.69) is 74.4 Å².